The van der Waals surface area contributed by atoms with Crippen molar-refractivity contribution in [1.82, 2.24) is 9.88 Å². The normalized spacial score (nSPS) is 13.5. The summed E-state index contributed by atoms with van der Waals surface area (Å²) in [6, 6.07) is 13.1. The van der Waals surface area contributed by atoms with E-state index in [2.05, 4.69) is 11.1 Å². The van der Waals surface area contributed by atoms with E-state index in [0.717, 1.165) is 5.56 Å². The van der Waals surface area contributed by atoms with Crippen LogP contribution in [0.2, 0.25) is 0 Å². The molecule has 2 aromatic carbocycles. The Morgan fingerprint density at radius 1 is 1.08 bits per heavy atom. The number of aromatic nitrogens is 1. The van der Waals surface area contributed by atoms with Gasteiger partial charge in [-0.2, -0.15) is 10.2 Å². The molecule has 0 aliphatic carbocycles. The van der Waals surface area contributed by atoms with Crippen molar-refractivity contribution in [2.45, 2.75) is 0 Å². The maximum Gasteiger partial charge on any atom is 0.269 e. The highest BCUT2D eigenvalue weighted by Gasteiger charge is 2.26. The predicted octanol–water partition coefficient (Wildman–Crippen LogP) is 3.60. The third kappa shape index (κ3) is 5.12. The van der Waals surface area contributed by atoms with E-state index in [1.807, 2.05) is 17.0 Å². The van der Waals surface area contributed by atoms with Crippen LogP contribution in [-0.2, 0) is 0 Å². The molecule has 0 radical (unpaired) electrons. The molecule has 0 unspecified atom stereocenters. The third-order valence-corrected chi connectivity index (χ3v) is 5.74. The molecule has 1 aliphatic rings. The summed E-state index contributed by atoms with van der Waals surface area (Å²) in [5, 5.41) is 20.4. The van der Waals surface area contributed by atoms with E-state index in [1.54, 1.807) is 37.3 Å². The fraction of sp³-hybridized carbons (Fsp3) is 0.240. The zero-order chi connectivity index (χ0) is 25.7. The summed E-state index contributed by atoms with van der Waals surface area (Å²) < 4.78 is 16.4. The van der Waals surface area contributed by atoms with Crippen LogP contribution >= 0.6 is 0 Å². The summed E-state index contributed by atoms with van der Waals surface area (Å²) in [6.07, 6.45) is 3.46. The molecule has 0 spiro atoms. The second kappa shape index (κ2) is 10.6. The molecule has 11 nitrogen and oxygen atoms in total. The lowest BCUT2D eigenvalue weighted by molar-refractivity contribution is -0.384. The van der Waals surface area contributed by atoms with Crippen LogP contribution < -0.4 is 14.4 Å². The molecule has 0 N–H and O–H groups in total. The van der Waals surface area contributed by atoms with E-state index in [9.17, 15) is 20.2 Å². The first-order valence-corrected chi connectivity index (χ1v) is 11.0. The number of oxazole rings is 1. The first-order chi connectivity index (χ1) is 17.4. The molecule has 0 bridgehead atoms. The van der Waals surface area contributed by atoms with Crippen molar-refractivity contribution in [3.8, 4) is 17.6 Å². The molecule has 0 saturated carbocycles. The molecule has 11 heteroatoms. The fourth-order valence-electron chi connectivity index (χ4n) is 3.83. The van der Waals surface area contributed by atoms with Gasteiger partial charge in [-0.1, -0.05) is 6.07 Å². The number of nitriles is 1. The number of methoxy groups -OCH3 is 2. The molecule has 0 atom stereocenters. The van der Waals surface area contributed by atoms with Crippen LogP contribution in [0.1, 0.15) is 27.5 Å². The van der Waals surface area contributed by atoms with Gasteiger partial charge in [-0.3, -0.25) is 14.9 Å². The first kappa shape index (κ1) is 24.3. The number of nitrogens with zero attached hydrogens (tertiary/aromatic N) is 5. The Morgan fingerprint density at radius 2 is 1.78 bits per heavy atom. The SMILES string of the molecule is COc1ccc(/C=C/c2nc(C#N)c(N3CCN(C(=O)c4ccc([N+](=O)[O-])cc4)CC3)o2)cc1OC. The number of ether oxygens (including phenoxy) is 2. The van der Waals surface area contributed by atoms with E-state index in [1.165, 1.54) is 24.3 Å². The van der Waals surface area contributed by atoms with Gasteiger partial charge in [0.1, 0.15) is 6.07 Å². The topological polar surface area (TPSA) is 135 Å². The number of hydrogen-bond donors (Lipinski definition) is 0. The lowest BCUT2D eigenvalue weighted by Crippen LogP contribution is -2.48. The number of benzene rings is 2. The van der Waals surface area contributed by atoms with Gasteiger partial charge in [0, 0.05) is 50.0 Å². The number of piperazine rings is 1. The van der Waals surface area contributed by atoms with Crippen molar-refractivity contribution in [1.29, 1.82) is 5.26 Å². The summed E-state index contributed by atoms with van der Waals surface area (Å²) in [5.41, 5.74) is 1.32. The van der Waals surface area contributed by atoms with Crippen molar-refractivity contribution in [2.75, 3.05) is 45.3 Å². The number of anilines is 1. The average molecular weight is 489 g/mol. The highest BCUT2D eigenvalue weighted by molar-refractivity contribution is 5.94. The van der Waals surface area contributed by atoms with Gasteiger partial charge >= 0.3 is 0 Å². The standard InChI is InChI=1S/C25H23N5O6/c1-34-21-9-3-17(15-22(21)35-2)4-10-23-27-20(16-26)25(36-23)29-13-11-28(12-14-29)24(31)18-5-7-19(8-6-18)30(32)33/h3-10,15H,11-14H2,1-2H3/b10-4+. The molecule has 1 amide bonds. The lowest BCUT2D eigenvalue weighted by Gasteiger charge is -2.34. The summed E-state index contributed by atoms with van der Waals surface area (Å²) in [7, 11) is 3.13. The van der Waals surface area contributed by atoms with Crippen molar-refractivity contribution in [2.24, 2.45) is 0 Å². The Labute approximate surface area is 206 Å². The molecule has 36 heavy (non-hydrogen) atoms. The number of nitro groups is 1. The fourth-order valence-corrected chi connectivity index (χ4v) is 3.83. The highest BCUT2D eigenvalue weighted by Crippen LogP contribution is 2.29. The molecule has 1 aromatic heterocycles. The van der Waals surface area contributed by atoms with Gasteiger partial charge < -0.3 is 23.7 Å². The Hall–Kier alpha value is -4.85. The van der Waals surface area contributed by atoms with Gasteiger partial charge in [0.25, 0.3) is 11.6 Å². The van der Waals surface area contributed by atoms with Crippen molar-refractivity contribution < 1.29 is 23.6 Å². The second-order valence-corrected chi connectivity index (χ2v) is 7.85. The summed E-state index contributed by atoms with van der Waals surface area (Å²) in [5.74, 6) is 1.63. The monoisotopic (exact) mass is 489 g/mol. The average Bonchev–Trinajstić information content (AvgIpc) is 3.34. The zero-order valence-corrected chi connectivity index (χ0v) is 19.7. The van der Waals surface area contributed by atoms with Gasteiger partial charge in [-0.25, -0.2) is 0 Å². The van der Waals surface area contributed by atoms with E-state index >= 15 is 0 Å². The largest absolute Gasteiger partial charge is 0.493 e. The molecular weight excluding hydrogens is 466 g/mol. The van der Waals surface area contributed by atoms with E-state index in [4.69, 9.17) is 13.9 Å². The number of amides is 1. The zero-order valence-electron chi connectivity index (χ0n) is 19.7. The minimum Gasteiger partial charge on any atom is -0.493 e. The number of nitro benzene ring substituents is 1. The van der Waals surface area contributed by atoms with Gasteiger partial charge in [0.15, 0.2) is 11.5 Å². The number of hydrogen-bond acceptors (Lipinski definition) is 9. The van der Waals surface area contributed by atoms with Crippen molar-refractivity contribution >= 4 is 29.6 Å². The maximum absolute atomic E-state index is 12.8. The van der Waals surface area contributed by atoms with Crippen LogP contribution in [-0.4, -0.2) is 61.1 Å². The molecule has 3 aromatic rings. The lowest BCUT2D eigenvalue weighted by atomic mass is 10.1. The Morgan fingerprint density at radius 3 is 2.39 bits per heavy atom. The minimum absolute atomic E-state index is 0.0679. The minimum atomic E-state index is -0.505. The van der Waals surface area contributed by atoms with Crippen LogP contribution in [0.3, 0.4) is 0 Å². The number of non-ortho nitro benzene ring substituents is 1. The quantitative estimate of drug-likeness (QED) is 0.360. The Balaban J connectivity index is 1.43. The third-order valence-electron chi connectivity index (χ3n) is 5.74. The molecule has 184 valence electrons. The summed E-state index contributed by atoms with van der Waals surface area (Å²) >= 11 is 0. The molecule has 1 fully saturated rings. The van der Waals surface area contributed by atoms with Crippen LogP contribution in [0.5, 0.6) is 11.5 Å². The molecule has 1 saturated heterocycles. The second-order valence-electron chi connectivity index (χ2n) is 7.85. The Bertz CT molecular complexity index is 1330. The summed E-state index contributed by atoms with van der Waals surface area (Å²) in [4.78, 5) is 30.9. The molecule has 2 heterocycles. The van der Waals surface area contributed by atoms with Gasteiger partial charge in [0.2, 0.25) is 17.5 Å². The number of rotatable bonds is 7. The summed E-state index contributed by atoms with van der Waals surface area (Å²) in [6.45, 7) is 1.69. The van der Waals surface area contributed by atoms with Gasteiger partial charge in [-0.05, 0) is 35.9 Å². The Kier molecular flexibility index (Phi) is 7.15. The first-order valence-electron chi connectivity index (χ1n) is 11.0. The molecule has 4 rings (SSSR count). The predicted molar refractivity (Wildman–Crippen MR) is 131 cm³/mol. The number of carbonyl (C=O) groups is 1. The maximum atomic E-state index is 12.8. The van der Waals surface area contributed by atoms with E-state index in [0.29, 0.717) is 49.1 Å². The van der Waals surface area contributed by atoms with Crippen molar-refractivity contribution in [3.63, 3.8) is 0 Å². The van der Waals surface area contributed by atoms with Crippen LogP contribution in [0, 0.1) is 21.4 Å². The van der Waals surface area contributed by atoms with E-state index in [-0.39, 0.29) is 23.2 Å². The van der Waals surface area contributed by atoms with Gasteiger partial charge in [0.05, 0.1) is 19.1 Å². The molecule has 1 aliphatic heterocycles. The van der Waals surface area contributed by atoms with Crippen molar-refractivity contribution in [3.05, 3.63) is 75.3 Å². The van der Waals surface area contributed by atoms with Crippen LogP contribution in [0.25, 0.3) is 12.2 Å². The number of carbonyl (C=O) groups excluding carboxylic acids is 1. The van der Waals surface area contributed by atoms with Gasteiger partial charge in [-0.15, -0.1) is 0 Å². The van der Waals surface area contributed by atoms with Crippen LogP contribution in [0.4, 0.5) is 11.6 Å². The highest BCUT2D eigenvalue weighted by atomic mass is 16.6. The smallest absolute Gasteiger partial charge is 0.269 e. The van der Waals surface area contributed by atoms with E-state index < -0.39 is 4.92 Å². The molecular formula is C25H23N5O6. The van der Waals surface area contributed by atoms with Crippen LogP contribution in [0.15, 0.2) is 46.9 Å².